The van der Waals surface area contributed by atoms with Crippen molar-refractivity contribution >= 4 is 17.5 Å². The number of carbonyl (C=O) groups excluding carboxylic acids is 2. The Balaban J connectivity index is 1.28. The molecule has 0 aromatic heterocycles. The van der Waals surface area contributed by atoms with Crippen molar-refractivity contribution in [2.24, 2.45) is 5.92 Å². The largest absolute Gasteiger partial charge is 0.488 e. The van der Waals surface area contributed by atoms with E-state index in [1.807, 2.05) is 6.92 Å². The van der Waals surface area contributed by atoms with Gasteiger partial charge in [-0.2, -0.15) is 0 Å². The summed E-state index contributed by atoms with van der Waals surface area (Å²) < 4.78 is 20.1. The lowest BCUT2D eigenvalue weighted by molar-refractivity contribution is -0.139. The predicted octanol–water partition coefficient (Wildman–Crippen LogP) is 3.05. The summed E-state index contributed by atoms with van der Waals surface area (Å²) in [5, 5.41) is 0. The summed E-state index contributed by atoms with van der Waals surface area (Å²) in [6, 6.07) is 4.83. The van der Waals surface area contributed by atoms with Gasteiger partial charge < -0.3 is 9.64 Å². The number of carbonyl (C=O) groups is 2. The van der Waals surface area contributed by atoms with Gasteiger partial charge in [-0.15, -0.1) is 0 Å². The van der Waals surface area contributed by atoms with Gasteiger partial charge in [0.15, 0.2) is 0 Å². The third-order valence-electron chi connectivity index (χ3n) is 6.56. The van der Waals surface area contributed by atoms with Crippen molar-refractivity contribution in [3.05, 3.63) is 24.0 Å². The number of halogens is 1. The molecular weight excluding hydrogens is 385 g/mol. The lowest BCUT2D eigenvalue weighted by Gasteiger charge is -2.37. The summed E-state index contributed by atoms with van der Waals surface area (Å²) in [4.78, 5) is 29.9. The van der Waals surface area contributed by atoms with Gasteiger partial charge >= 0.3 is 0 Å². The zero-order valence-corrected chi connectivity index (χ0v) is 17.8. The highest BCUT2D eigenvalue weighted by Gasteiger charge is 2.35. The normalized spacial score (nSPS) is 23.6. The van der Waals surface area contributed by atoms with Crippen LogP contribution in [0, 0.1) is 11.7 Å². The fraction of sp³-hybridized carbons (Fsp3) is 0.652. The molecular formula is C23H32FN3O3. The van der Waals surface area contributed by atoms with E-state index < -0.39 is 0 Å². The number of rotatable bonds is 7. The van der Waals surface area contributed by atoms with E-state index in [1.165, 1.54) is 23.8 Å². The molecule has 0 N–H and O–H groups in total. The molecule has 7 heteroatoms. The molecule has 1 aliphatic carbocycles. The third-order valence-corrected chi connectivity index (χ3v) is 6.56. The average molecular weight is 418 g/mol. The van der Waals surface area contributed by atoms with Crippen LogP contribution in [0.4, 0.5) is 10.1 Å². The number of anilines is 1. The number of benzene rings is 1. The smallest absolute Gasteiger partial charge is 0.232 e. The zero-order chi connectivity index (χ0) is 21.1. The molecule has 2 aliphatic heterocycles. The summed E-state index contributed by atoms with van der Waals surface area (Å²) >= 11 is 0. The third kappa shape index (κ3) is 4.77. The summed E-state index contributed by atoms with van der Waals surface area (Å²) in [5.74, 6) is 0.300. The van der Waals surface area contributed by atoms with Crippen molar-refractivity contribution in [3.63, 3.8) is 0 Å². The average Bonchev–Trinajstić information content (AvgIpc) is 3.33. The first-order chi connectivity index (χ1) is 14.5. The number of ether oxygens (including phenoxy) is 1. The molecule has 2 saturated heterocycles. The van der Waals surface area contributed by atoms with Crippen LogP contribution in [0.2, 0.25) is 0 Å². The quantitative estimate of drug-likeness (QED) is 0.639. The van der Waals surface area contributed by atoms with Crippen molar-refractivity contribution in [1.82, 2.24) is 9.80 Å². The van der Waals surface area contributed by atoms with E-state index in [9.17, 15) is 14.0 Å². The molecule has 1 aromatic rings. The van der Waals surface area contributed by atoms with Crippen molar-refractivity contribution in [2.45, 2.75) is 51.6 Å². The molecule has 3 fully saturated rings. The second-order valence-electron chi connectivity index (χ2n) is 8.81. The van der Waals surface area contributed by atoms with Gasteiger partial charge in [-0.05, 0) is 50.8 Å². The van der Waals surface area contributed by atoms with E-state index in [-0.39, 0.29) is 29.7 Å². The van der Waals surface area contributed by atoms with Crippen LogP contribution in [0.3, 0.4) is 0 Å². The molecule has 0 bridgehead atoms. The SMILES string of the molecule is CC1CC(=O)N(CCCN2CCN(c3cc(F)ccc3OC3CCCC3)CC2)C1=O. The second-order valence-corrected chi connectivity index (χ2v) is 8.81. The highest BCUT2D eigenvalue weighted by molar-refractivity contribution is 6.03. The van der Waals surface area contributed by atoms with Crippen LogP contribution in [-0.2, 0) is 9.59 Å². The Bertz CT molecular complexity index is 773. The Morgan fingerprint density at radius 3 is 2.47 bits per heavy atom. The molecule has 1 saturated carbocycles. The van der Waals surface area contributed by atoms with E-state index in [1.54, 1.807) is 12.1 Å². The van der Waals surface area contributed by atoms with E-state index in [0.29, 0.717) is 13.0 Å². The summed E-state index contributed by atoms with van der Waals surface area (Å²) in [7, 11) is 0. The lowest BCUT2D eigenvalue weighted by atomic mass is 10.1. The Kier molecular flexibility index (Phi) is 6.56. The highest BCUT2D eigenvalue weighted by atomic mass is 19.1. The molecule has 1 atom stereocenters. The summed E-state index contributed by atoms with van der Waals surface area (Å²) in [6.45, 7) is 6.54. The van der Waals surface area contributed by atoms with Crippen LogP contribution in [0.1, 0.15) is 45.4 Å². The van der Waals surface area contributed by atoms with E-state index in [0.717, 1.165) is 63.4 Å². The molecule has 3 aliphatic rings. The molecule has 4 rings (SSSR count). The summed E-state index contributed by atoms with van der Waals surface area (Å²) in [5.41, 5.74) is 0.851. The number of hydrogen-bond donors (Lipinski definition) is 0. The van der Waals surface area contributed by atoms with Gasteiger partial charge in [0, 0.05) is 51.1 Å². The maximum atomic E-state index is 13.9. The van der Waals surface area contributed by atoms with Gasteiger partial charge in [0.05, 0.1) is 11.8 Å². The van der Waals surface area contributed by atoms with Crippen molar-refractivity contribution < 1.29 is 18.7 Å². The lowest BCUT2D eigenvalue weighted by Crippen LogP contribution is -2.47. The Morgan fingerprint density at radius 1 is 1.07 bits per heavy atom. The molecule has 164 valence electrons. The number of likely N-dealkylation sites (tertiary alicyclic amines) is 1. The van der Waals surface area contributed by atoms with Gasteiger partial charge in [-0.3, -0.25) is 19.4 Å². The topological polar surface area (TPSA) is 53.1 Å². The number of amides is 2. The maximum Gasteiger partial charge on any atom is 0.232 e. The van der Waals surface area contributed by atoms with Crippen LogP contribution in [-0.4, -0.2) is 67.0 Å². The van der Waals surface area contributed by atoms with Gasteiger partial charge in [-0.25, -0.2) is 4.39 Å². The first kappa shape index (κ1) is 21.1. The van der Waals surface area contributed by atoms with Gasteiger partial charge in [0.2, 0.25) is 11.8 Å². The van der Waals surface area contributed by atoms with Crippen molar-refractivity contribution in [1.29, 1.82) is 0 Å². The molecule has 0 radical (unpaired) electrons. The standard InChI is InChI=1S/C23H32FN3O3/c1-17-15-22(28)27(23(17)29)10-4-9-25-11-13-26(14-12-25)20-16-18(24)7-8-21(20)30-19-5-2-3-6-19/h7-8,16-17,19H,2-6,9-15H2,1H3. The fourth-order valence-electron chi connectivity index (χ4n) is 4.77. The summed E-state index contributed by atoms with van der Waals surface area (Å²) in [6.07, 6.45) is 5.93. The van der Waals surface area contributed by atoms with E-state index >= 15 is 0 Å². The zero-order valence-electron chi connectivity index (χ0n) is 17.8. The maximum absolute atomic E-state index is 13.9. The van der Waals surface area contributed by atoms with Crippen LogP contribution in [0.15, 0.2) is 18.2 Å². The molecule has 6 nitrogen and oxygen atoms in total. The Hall–Kier alpha value is -2.15. The van der Waals surface area contributed by atoms with Gasteiger partial charge in [0.25, 0.3) is 0 Å². The minimum Gasteiger partial charge on any atom is -0.488 e. The van der Waals surface area contributed by atoms with E-state index in [4.69, 9.17) is 4.74 Å². The van der Waals surface area contributed by atoms with Crippen LogP contribution < -0.4 is 9.64 Å². The van der Waals surface area contributed by atoms with Crippen LogP contribution in [0.25, 0.3) is 0 Å². The predicted molar refractivity (Wildman–Crippen MR) is 113 cm³/mol. The minimum atomic E-state index is -0.236. The van der Waals surface area contributed by atoms with Gasteiger partial charge in [0.1, 0.15) is 11.6 Å². The Labute approximate surface area is 177 Å². The molecule has 0 spiro atoms. The number of imide groups is 1. The van der Waals surface area contributed by atoms with Crippen molar-refractivity contribution in [3.8, 4) is 5.75 Å². The fourth-order valence-corrected chi connectivity index (χ4v) is 4.77. The monoisotopic (exact) mass is 417 g/mol. The molecule has 1 aromatic carbocycles. The Morgan fingerprint density at radius 2 is 1.80 bits per heavy atom. The second kappa shape index (κ2) is 9.33. The first-order valence-corrected chi connectivity index (χ1v) is 11.3. The molecule has 2 amide bonds. The first-order valence-electron chi connectivity index (χ1n) is 11.3. The van der Waals surface area contributed by atoms with Gasteiger partial charge in [-0.1, -0.05) is 6.92 Å². The molecule has 2 heterocycles. The van der Waals surface area contributed by atoms with Crippen LogP contribution in [0.5, 0.6) is 5.75 Å². The molecule has 1 unspecified atom stereocenters. The number of hydrogen-bond acceptors (Lipinski definition) is 5. The molecule has 30 heavy (non-hydrogen) atoms. The highest BCUT2D eigenvalue weighted by Crippen LogP contribution is 2.33. The number of piperazine rings is 1. The van der Waals surface area contributed by atoms with E-state index in [2.05, 4.69) is 9.80 Å². The number of nitrogens with zero attached hydrogens (tertiary/aromatic N) is 3. The van der Waals surface area contributed by atoms with Crippen molar-refractivity contribution in [2.75, 3.05) is 44.2 Å². The minimum absolute atomic E-state index is 0.0364. The van der Waals surface area contributed by atoms with Crippen LogP contribution >= 0.6 is 0 Å².